The maximum absolute atomic E-state index is 9.14. The molecule has 0 saturated carbocycles. The molecule has 1 aromatic carbocycles. The van der Waals surface area contributed by atoms with E-state index >= 15 is 0 Å². The first-order valence-corrected chi connectivity index (χ1v) is 7.66. The summed E-state index contributed by atoms with van der Waals surface area (Å²) in [6, 6.07) is 4.25. The van der Waals surface area contributed by atoms with E-state index in [1.54, 1.807) is 7.11 Å². The summed E-state index contributed by atoms with van der Waals surface area (Å²) < 4.78 is 11.8. The summed E-state index contributed by atoms with van der Waals surface area (Å²) in [4.78, 5) is 0. The Labute approximate surface area is 129 Å². The first kappa shape index (κ1) is 17.3. The van der Waals surface area contributed by atoms with Crippen LogP contribution in [-0.4, -0.2) is 31.5 Å². The molecular weight excluding hydrogens is 322 g/mol. The molecule has 2 N–H and O–H groups in total. The summed E-state index contributed by atoms with van der Waals surface area (Å²) in [6.07, 6.45) is 0. The molecule has 1 aromatic rings. The first-order valence-electron chi connectivity index (χ1n) is 6.86. The lowest BCUT2D eigenvalue weighted by molar-refractivity contribution is 0.207. The number of aliphatic hydroxyl groups is 1. The molecule has 0 spiro atoms. The molecule has 2 unspecified atom stereocenters. The second-order valence-electron chi connectivity index (χ2n) is 4.87. The number of nitrogens with one attached hydrogen (secondary N) is 1. The maximum Gasteiger partial charge on any atom is 0.174 e. The van der Waals surface area contributed by atoms with Gasteiger partial charge in [-0.25, -0.2) is 0 Å². The molecule has 4 nitrogen and oxygen atoms in total. The Bertz CT molecular complexity index is 426. The third kappa shape index (κ3) is 4.65. The van der Waals surface area contributed by atoms with E-state index in [2.05, 4.69) is 28.2 Å². The summed E-state index contributed by atoms with van der Waals surface area (Å²) in [7, 11) is 1.63. The third-order valence-corrected chi connectivity index (χ3v) is 3.93. The van der Waals surface area contributed by atoms with Gasteiger partial charge in [-0.1, -0.05) is 6.92 Å². The van der Waals surface area contributed by atoms with Crippen LogP contribution in [0.15, 0.2) is 16.6 Å². The molecule has 0 aliphatic carbocycles. The average Bonchev–Trinajstić information content (AvgIpc) is 2.44. The maximum atomic E-state index is 9.14. The number of ether oxygens (including phenoxy) is 2. The molecule has 0 aromatic heterocycles. The second kappa shape index (κ2) is 8.49. The fourth-order valence-electron chi connectivity index (χ4n) is 1.82. The Balaban J connectivity index is 2.80. The van der Waals surface area contributed by atoms with Crippen LogP contribution in [0.3, 0.4) is 0 Å². The van der Waals surface area contributed by atoms with E-state index in [-0.39, 0.29) is 18.6 Å². The Morgan fingerprint density at radius 3 is 2.60 bits per heavy atom. The van der Waals surface area contributed by atoms with E-state index in [4.69, 9.17) is 14.6 Å². The standard InChI is InChI=1S/C15H24BrNO3/c1-5-20-14-7-12(6-13(16)15(14)19-4)8-17-11(3)10(2)9-18/h6-7,10-11,17-18H,5,8-9H2,1-4H3. The fraction of sp³-hybridized carbons (Fsp3) is 0.600. The predicted molar refractivity (Wildman–Crippen MR) is 84.4 cm³/mol. The van der Waals surface area contributed by atoms with E-state index in [0.29, 0.717) is 18.9 Å². The van der Waals surface area contributed by atoms with Crippen molar-refractivity contribution in [2.75, 3.05) is 20.3 Å². The summed E-state index contributed by atoms with van der Waals surface area (Å²) in [5.74, 6) is 1.68. The van der Waals surface area contributed by atoms with E-state index in [9.17, 15) is 0 Å². The van der Waals surface area contributed by atoms with E-state index in [1.807, 2.05) is 26.0 Å². The van der Waals surface area contributed by atoms with Gasteiger partial charge in [-0.05, 0) is 53.4 Å². The minimum Gasteiger partial charge on any atom is -0.492 e. The number of halogens is 1. The van der Waals surface area contributed by atoms with Gasteiger partial charge in [0.25, 0.3) is 0 Å². The van der Waals surface area contributed by atoms with Gasteiger partial charge in [0.15, 0.2) is 11.5 Å². The molecule has 0 heterocycles. The molecule has 0 fully saturated rings. The molecule has 0 saturated heterocycles. The second-order valence-corrected chi connectivity index (χ2v) is 5.73. The van der Waals surface area contributed by atoms with E-state index in [0.717, 1.165) is 15.8 Å². The van der Waals surface area contributed by atoms with Crippen molar-refractivity contribution < 1.29 is 14.6 Å². The number of aliphatic hydroxyl groups excluding tert-OH is 1. The number of hydrogen-bond acceptors (Lipinski definition) is 4. The summed E-state index contributed by atoms with van der Waals surface area (Å²) >= 11 is 3.51. The molecule has 2 atom stereocenters. The Kier molecular flexibility index (Phi) is 7.34. The highest BCUT2D eigenvalue weighted by atomic mass is 79.9. The van der Waals surface area contributed by atoms with Crippen LogP contribution in [0.25, 0.3) is 0 Å². The SMILES string of the molecule is CCOc1cc(CNC(C)C(C)CO)cc(Br)c1OC. The van der Waals surface area contributed by atoms with Crippen LogP contribution in [-0.2, 0) is 6.54 Å². The third-order valence-electron chi connectivity index (χ3n) is 3.34. The van der Waals surface area contributed by atoms with Gasteiger partial charge in [0.2, 0.25) is 0 Å². The van der Waals surface area contributed by atoms with Crippen LogP contribution in [0.1, 0.15) is 26.3 Å². The van der Waals surface area contributed by atoms with Gasteiger partial charge in [0.1, 0.15) is 0 Å². The highest BCUT2D eigenvalue weighted by Gasteiger charge is 2.13. The van der Waals surface area contributed by atoms with Crippen LogP contribution < -0.4 is 14.8 Å². The highest BCUT2D eigenvalue weighted by Crippen LogP contribution is 2.36. The zero-order valence-corrected chi connectivity index (χ0v) is 14.2. The van der Waals surface area contributed by atoms with Crippen molar-refractivity contribution in [2.24, 2.45) is 5.92 Å². The Hall–Kier alpha value is -0.780. The fourth-order valence-corrected chi connectivity index (χ4v) is 2.47. The van der Waals surface area contributed by atoms with Crippen LogP contribution in [0.2, 0.25) is 0 Å². The van der Waals surface area contributed by atoms with Crippen molar-refractivity contribution in [1.29, 1.82) is 0 Å². The topological polar surface area (TPSA) is 50.7 Å². The van der Waals surface area contributed by atoms with Crippen molar-refractivity contribution in [2.45, 2.75) is 33.4 Å². The van der Waals surface area contributed by atoms with Gasteiger partial charge in [-0.15, -0.1) is 0 Å². The number of rotatable bonds is 8. The number of benzene rings is 1. The predicted octanol–water partition coefficient (Wildman–Crippen LogP) is 2.96. The van der Waals surface area contributed by atoms with Crippen LogP contribution >= 0.6 is 15.9 Å². The minimum absolute atomic E-state index is 0.185. The summed E-state index contributed by atoms with van der Waals surface area (Å²) in [5, 5.41) is 12.6. The highest BCUT2D eigenvalue weighted by molar-refractivity contribution is 9.10. The zero-order chi connectivity index (χ0) is 15.1. The van der Waals surface area contributed by atoms with Gasteiger partial charge in [-0.3, -0.25) is 0 Å². The average molecular weight is 346 g/mol. The monoisotopic (exact) mass is 345 g/mol. The molecule has 0 radical (unpaired) electrons. The molecule has 20 heavy (non-hydrogen) atoms. The molecular formula is C15H24BrNO3. The van der Waals surface area contributed by atoms with Crippen LogP contribution in [0.5, 0.6) is 11.5 Å². The van der Waals surface area contributed by atoms with Gasteiger partial charge in [0, 0.05) is 19.2 Å². The smallest absolute Gasteiger partial charge is 0.174 e. The van der Waals surface area contributed by atoms with Crippen molar-refractivity contribution in [1.82, 2.24) is 5.32 Å². The normalized spacial score (nSPS) is 13.9. The molecule has 0 aliphatic rings. The molecule has 5 heteroatoms. The van der Waals surface area contributed by atoms with Crippen LogP contribution in [0.4, 0.5) is 0 Å². The minimum atomic E-state index is 0.185. The van der Waals surface area contributed by atoms with Gasteiger partial charge in [0.05, 0.1) is 18.2 Å². The lowest BCUT2D eigenvalue weighted by Gasteiger charge is -2.20. The lowest BCUT2D eigenvalue weighted by atomic mass is 10.0. The molecule has 0 amide bonds. The number of hydrogen-bond donors (Lipinski definition) is 2. The summed E-state index contributed by atoms with van der Waals surface area (Å²) in [5.41, 5.74) is 1.11. The number of methoxy groups -OCH3 is 1. The lowest BCUT2D eigenvalue weighted by Crippen LogP contribution is -2.33. The van der Waals surface area contributed by atoms with Gasteiger partial charge in [-0.2, -0.15) is 0 Å². The Morgan fingerprint density at radius 1 is 1.35 bits per heavy atom. The van der Waals surface area contributed by atoms with E-state index < -0.39 is 0 Å². The van der Waals surface area contributed by atoms with E-state index in [1.165, 1.54) is 0 Å². The zero-order valence-electron chi connectivity index (χ0n) is 12.6. The summed E-state index contributed by atoms with van der Waals surface area (Å²) in [6.45, 7) is 7.54. The Morgan fingerprint density at radius 2 is 2.05 bits per heavy atom. The van der Waals surface area contributed by atoms with Crippen molar-refractivity contribution in [3.05, 3.63) is 22.2 Å². The van der Waals surface area contributed by atoms with Crippen LogP contribution in [0, 0.1) is 5.92 Å². The van der Waals surface area contributed by atoms with Crippen molar-refractivity contribution in [3.63, 3.8) is 0 Å². The van der Waals surface area contributed by atoms with Gasteiger partial charge >= 0.3 is 0 Å². The molecule has 1 rings (SSSR count). The molecule has 114 valence electrons. The van der Waals surface area contributed by atoms with Crippen molar-refractivity contribution in [3.8, 4) is 11.5 Å². The first-order chi connectivity index (χ1) is 9.53. The molecule has 0 bridgehead atoms. The van der Waals surface area contributed by atoms with Crippen molar-refractivity contribution >= 4 is 15.9 Å². The van der Waals surface area contributed by atoms with Gasteiger partial charge < -0.3 is 19.9 Å². The quantitative estimate of drug-likeness (QED) is 0.760. The molecule has 0 aliphatic heterocycles. The largest absolute Gasteiger partial charge is 0.492 e.